The highest BCUT2D eigenvalue weighted by Gasteiger charge is 2.22. The van der Waals surface area contributed by atoms with Gasteiger partial charge in [0.2, 0.25) is 5.91 Å². The van der Waals surface area contributed by atoms with Gasteiger partial charge in [0.1, 0.15) is 5.75 Å². The number of carbonyl (C=O) groups is 2. The van der Waals surface area contributed by atoms with E-state index < -0.39 is 5.91 Å². The van der Waals surface area contributed by atoms with Gasteiger partial charge in [-0.3, -0.25) is 9.59 Å². The summed E-state index contributed by atoms with van der Waals surface area (Å²) >= 11 is 5.87. The molecule has 0 bridgehead atoms. The lowest BCUT2D eigenvalue weighted by atomic mass is 10.1. The van der Waals surface area contributed by atoms with E-state index in [1.54, 1.807) is 18.2 Å². The number of phenols is 1. The number of nitrogens with zero attached hydrogens (tertiary/aromatic N) is 1. The average molecular weight is 346 g/mol. The number of amides is 2. The minimum atomic E-state index is -0.404. The number of hydrogen-bond donors (Lipinski definition) is 3. The van der Waals surface area contributed by atoms with Crippen LogP contribution in [0.1, 0.15) is 17.3 Å². The molecule has 0 atom stereocenters. The summed E-state index contributed by atoms with van der Waals surface area (Å²) in [7, 11) is 0. The van der Waals surface area contributed by atoms with Gasteiger partial charge in [-0.2, -0.15) is 0 Å². The SMILES string of the molecule is CCN1CC(=O)Nc2cc(C(=O)Nc3cc(Cl)ccc3O)ccc21. The predicted octanol–water partition coefficient (Wildman–Crippen LogP) is 3.08. The van der Waals surface area contributed by atoms with Gasteiger partial charge in [0, 0.05) is 17.1 Å². The van der Waals surface area contributed by atoms with Gasteiger partial charge < -0.3 is 20.6 Å². The summed E-state index contributed by atoms with van der Waals surface area (Å²) in [5.41, 5.74) is 2.06. The first-order valence-corrected chi connectivity index (χ1v) is 7.84. The monoisotopic (exact) mass is 345 g/mol. The topological polar surface area (TPSA) is 81.7 Å². The first-order valence-electron chi connectivity index (χ1n) is 7.46. The molecule has 3 N–H and O–H groups in total. The van der Waals surface area contributed by atoms with Gasteiger partial charge in [0.25, 0.3) is 5.91 Å². The summed E-state index contributed by atoms with van der Waals surface area (Å²) in [6.45, 7) is 2.96. The summed E-state index contributed by atoms with van der Waals surface area (Å²) in [5, 5.41) is 15.6. The maximum Gasteiger partial charge on any atom is 0.255 e. The molecule has 24 heavy (non-hydrogen) atoms. The van der Waals surface area contributed by atoms with E-state index in [1.165, 1.54) is 18.2 Å². The number of hydrogen-bond acceptors (Lipinski definition) is 4. The van der Waals surface area contributed by atoms with Crippen LogP contribution in [0.3, 0.4) is 0 Å². The number of phenolic OH excluding ortho intramolecular Hbond substituents is 1. The highest BCUT2D eigenvalue weighted by atomic mass is 35.5. The van der Waals surface area contributed by atoms with Crippen LogP contribution in [0.15, 0.2) is 36.4 Å². The third kappa shape index (κ3) is 3.14. The molecule has 3 rings (SSSR count). The lowest BCUT2D eigenvalue weighted by Crippen LogP contribution is -2.38. The van der Waals surface area contributed by atoms with Gasteiger partial charge >= 0.3 is 0 Å². The fraction of sp³-hybridized carbons (Fsp3) is 0.176. The van der Waals surface area contributed by atoms with Crippen LogP contribution in [-0.4, -0.2) is 30.0 Å². The fourth-order valence-electron chi connectivity index (χ4n) is 2.59. The molecule has 0 aliphatic carbocycles. The minimum absolute atomic E-state index is 0.0730. The van der Waals surface area contributed by atoms with E-state index in [9.17, 15) is 14.7 Å². The van der Waals surface area contributed by atoms with Crippen molar-refractivity contribution in [2.45, 2.75) is 6.92 Å². The zero-order chi connectivity index (χ0) is 17.3. The number of anilines is 3. The molecular weight excluding hydrogens is 330 g/mol. The maximum atomic E-state index is 12.4. The molecular formula is C17H16ClN3O3. The van der Waals surface area contributed by atoms with Crippen molar-refractivity contribution in [1.29, 1.82) is 0 Å². The van der Waals surface area contributed by atoms with Gasteiger partial charge in [-0.1, -0.05) is 11.6 Å². The number of nitrogens with one attached hydrogen (secondary N) is 2. The Morgan fingerprint density at radius 3 is 2.88 bits per heavy atom. The Morgan fingerprint density at radius 2 is 2.12 bits per heavy atom. The first-order chi connectivity index (χ1) is 11.5. The van der Waals surface area contributed by atoms with Gasteiger partial charge in [-0.15, -0.1) is 0 Å². The van der Waals surface area contributed by atoms with Crippen LogP contribution < -0.4 is 15.5 Å². The van der Waals surface area contributed by atoms with Gasteiger partial charge in [-0.25, -0.2) is 0 Å². The molecule has 0 saturated carbocycles. The number of aromatic hydroxyl groups is 1. The van der Waals surface area contributed by atoms with Crippen molar-refractivity contribution < 1.29 is 14.7 Å². The number of benzene rings is 2. The lowest BCUT2D eigenvalue weighted by Gasteiger charge is -2.30. The molecule has 2 amide bonds. The largest absolute Gasteiger partial charge is 0.506 e. The zero-order valence-corrected chi connectivity index (χ0v) is 13.7. The van der Waals surface area contributed by atoms with E-state index in [1.807, 2.05) is 11.8 Å². The molecule has 1 heterocycles. The van der Waals surface area contributed by atoms with Crippen molar-refractivity contribution in [3.05, 3.63) is 47.0 Å². The lowest BCUT2D eigenvalue weighted by molar-refractivity contribution is -0.115. The van der Waals surface area contributed by atoms with Gasteiger partial charge in [0.15, 0.2) is 0 Å². The predicted molar refractivity (Wildman–Crippen MR) is 94.0 cm³/mol. The first kappa shape index (κ1) is 16.1. The van der Waals surface area contributed by atoms with Crippen molar-refractivity contribution in [3.63, 3.8) is 0 Å². The third-order valence-corrected chi connectivity index (χ3v) is 4.03. The van der Waals surface area contributed by atoms with E-state index >= 15 is 0 Å². The molecule has 0 saturated heterocycles. The van der Waals surface area contributed by atoms with Crippen LogP contribution in [-0.2, 0) is 4.79 Å². The van der Waals surface area contributed by atoms with Crippen LogP contribution in [0.5, 0.6) is 5.75 Å². The van der Waals surface area contributed by atoms with Crippen molar-refractivity contribution >= 4 is 40.5 Å². The van der Waals surface area contributed by atoms with Crippen molar-refractivity contribution in [2.24, 2.45) is 0 Å². The van der Waals surface area contributed by atoms with E-state index in [-0.39, 0.29) is 17.3 Å². The standard InChI is InChI=1S/C17H16ClN3O3/c1-2-21-9-16(23)19-12-7-10(3-5-14(12)21)17(24)20-13-8-11(18)4-6-15(13)22/h3-8,22H,2,9H2,1H3,(H,19,23)(H,20,24). The molecule has 6 nitrogen and oxygen atoms in total. The fourth-order valence-corrected chi connectivity index (χ4v) is 2.76. The average Bonchev–Trinajstić information content (AvgIpc) is 2.56. The summed E-state index contributed by atoms with van der Waals surface area (Å²) in [4.78, 5) is 26.1. The number of fused-ring (bicyclic) bond motifs is 1. The van der Waals surface area contributed by atoms with E-state index in [0.29, 0.717) is 29.4 Å². The molecule has 1 aliphatic heterocycles. The van der Waals surface area contributed by atoms with Gasteiger partial charge in [-0.05, 0) is 43.3 Å². The van der Waals surface area contributed by atoms with Crippen LogP contribution in [0.25, 0.3) is 0 Å². The number of carbonyl (C=O) groups excluding carboxylic acids is 2. The molecule has 7 heteroatoms. The van der Waals surface area contributed by atoms with Crippen molar-refractivity contribution in [2.75, 3.05) is 28.6 Å². The normalized spacial score (nSPS) is 13.2. The highest BCUT2D eigenvalue weighted by molar-refractivity contribution is 6.31. The smallest absolute Gasteiger partial charge is 0.255 e. The highest BCUT2D eigenvalue weighted by Crippen LogP contribution is 2.31. The molecule has 0 spiro atoms. The minimum Gasteiger partial charge on any atom is -0.506 e. The Bertz CT molecular complexity index is 823. The maximum absolute atomic E-state index is 12.4. The van der Waals surface area contributed by atoms with E-state index in [0.717, 1.165) is 5.69 Å². The van der Waals surface area contributed by atoms with Crippen LogP contribution in [0, 0.1) is 0 Å². The van der Waals surface area contributed by atoms with Gasteiger partial charge in [0.05, 0.1) is 23.6 Å². The number of rotatable bonds is 3. The molecule has 2 aromatic carbocycles. The van der Waals surface area contributed by atoms with Crippen LogP contribution in [0.4, 0.5) is 17.1 Å². The van der Waals surface area contributed by atoms with Crippen LogP contribution >= 0.6 is 11.6 Å². The number of likely N-dealkylation sites (N-methyl/N-ethyl adjacent to an activating group) is 1. The molecule has 1 aliphatic rings. The van der Waals surface area contributed by atoms with E-state index in [2.05, 4.69) is 10.6 Å². The molecule has 0 radical (unpaired) electrons. The van der Waals surface area contributed by atoms with E-state index in [4.69, 9.17) is 11.6 Å². The Morgan fingerprint density at radius 1 is 1.33 bits per heavy atom. The Hall–Kier alpha value is -2.73. The summed E-state index contributed by atoms with van der Waals surface area (Å²) in [6.07, 6.45) is 0. The van der Waals surface area contributed by atoms with Crippen molar-refractivity contribution in [1.82, 2.24) is 0 Å². The molecule has 0 fully saturated rings. The second-order valence-electron chi connectivity index (χ2n) is 5.41. The van der Waals surface area contributed by atoms with Crippen LogP contribution in [0.2, 0.25) is 5.02 Å². The second kappa shape index (κ2) is 6.41. The molecule has 2 aromatic rings. The Kier molecular flexibility index (Phi) is 4.31. The summed E-state index contributed by atoms with van der Waals surface area (Å²) in [5.74, 6) is -0.594. The summed E-state index contributed by atoms with van der Waals surface area (Å²) in [6, 6.07) is 9.49. The third-order valence-electron chi connectivity index (χ3n) is 3.80. The molecule has 0 aromatic heterocycles. The Balaban J connectivity index is 1.87. The van der Waals surface area contributed by atoms with Crippen molar-refractivity contribution in [3.8, 4) is 5.75 Å². The number of halogens is 1. The zero-order valence-electron chi connectivity index (χ0n) is 13.0. The molecule has 124 valence electrons. The summed E-state index contributed by atoms with van der Waals surface area (Å²) < 4.78 is 0. The Labute approximate surface area is 144 Å². The molecule has 0 unspecified atom stereocenters. The quantitative estimate of drug-likeness (QED) is 0.747. The second-order valence-corrected chi connectivity index (χ2v) is 5.85.